The largest absolute Gasteiger partial charge is 0.396 e. The molecule has 0 radical (unpaired) electrons. The third-order valence-corrected chi connectivity index (χ3v) is 6.32. The highest BCUT2D eigenvalue weighted by molar-refractivity contribution is 6.36. The maximum absolute atomic E-state index is 10.3. The minimum Gasteiger partial charge on any atom is -0.396 e. The van der Waals surface area contributed by atoms with E-state index in [9.17, 15) is 5.11 Å². The van der Waals surface area contributed by atoms with Crippen LogP contribution in [-0.4, -0.2) is 20.3 Å². The van der Waals surface area contributed by atoms with E-state index in [-0.39, 0.29) is 0 Å². The third-order valence-electron chi connectivity index (χ3n) is 5.89. The van der Waals surface area contributed by atoms with Crippen LogP contribution in [-0.2, 0) is 0 Å². The second-order valence-corrected chi connectivity index (χ2v) is 8.41. The molecule has 0 saturated heterocycles. The lowest BCUT2D eigenvalue weighted by molar-refractivity contribution is 0.0104. The smallest absolute Gasteiger partial charge is 0.190 e. The molecule has 1 aromatic carbocycles. The molecule has 0 spiro atoms. The number of nitrogens with zero attached hydrogens (tertiary/aromatic N) is 3. The molecular formula is C22H23ClN4O. The molecule has 2 aromatic heterocycles. The van der Waals surface area contributed by atoms with E-state index >= 15 is 0 Å². The van der Waals surface area contributed by atoms with Crippen molar-refractivity contribution >= 4 is 33.9 Å². The molecule has 2 heterocycles. The van der Waals surface area contributed by atoms with Crippen molar-refractivity contribution in [3.63, 3.8) is 0 Å². The molecule has 0 amide bonds. The first-order valence-electron chi connectivity index (χ1n) is 9.45. The zero-order valence-electron chi connectivity index (χ0n) is 16.0. The Hall–Kier alpha value is -2.55. The number of pyridine rings is 1. The molecule has 6 heteroatoms. The van der Waals surface area contributed by atoms with Crippen LogP contribution in [0.3, 0.4) is 0 Å². The van der Waals surface area contributed by atoms with Gasteiger partial charge in [-0.1, -0.05) is 11.6 Å². The quantitative estimate of drug-likeness (QED) is 0.550. The molecule has 3 aromatic rings. The van der Waals surface area contributed by atoms with Crippen LogP contribution in [0.15, 0.2) is 30.7 Å². The summed E-state index contributed by atoms with van der Waals surface area (Å²) in [6.07, 6.45) is 8.72. The van der Waals surface area contributed by atoms with Gasteiger partial charge in [0.15, 0.2) is 5.69 Å². The number of hydrogen-bond donors (Lipinski definition) is 2. The number of hydrogen-bond acceptors (Lipinski definition) is 3. The summed E-state index contributed by atoms with van der Waals surface area (Å²) in [5.74, 6) is 0. The van der Waals surface area contributed by atoms with E-state index in [1.54, 1.807) is 12.4 Å². The van der Waals surface area contributed by atoms with Crippen LogP contribution in [0.25, 0.3) is 26.9 Å². The number of fused-ring (bicyclic) bond motifs is 1. The highest BCUT2D eigenvalue weighted by Crippen LogP contribution is 2.43. The van der Waals surface area contributed by atoms with Crippen LogP contribution in [0.5, 0.6) is 0 Å². The average Bonchev–Trinajstić information content (AvgIpc) is 3.01. The Morgan fingerprint density at radius 1 is 1.29 bits per heavy atom. The van der Waals surface area contributed by atoms with E-state index in [1.165, 1.54) is 0 Å². The number of rotatable bonds is 2. The van der Waals surface area contributed by atoms with Gasteiger partial charge in [-0.15, -0.1) is 0 Å². The maximum atomic E-state index is 10.3. The summed E-state index contributed by atoms with van der Waals surface area (Å²) < 4.78 is 2.28. The van der Waals surface area contributed by atoms with Gasteiger partial charge in [0.1, 0.15) is 0 Å². The van der Waals surface area contributed by atoms with Gasteiger partial charge in [0.2, 0.25) is 0 Å². The van der Waals surface area contributed by atoms with Crippen LogP contribution in [0.4, 0.5) is 11.4 Å². The third kappa shape index (κ3) is 3.13. The molecule has 1 fully saturated rings. The van der Waals surface area contributed by atoms with Crippen LogP contribution in [0, 0.1) is 13.5 Å². The van der Waals surface area contributed by atoms with Gasteiger partial charge in [-0.3, -0.25) is 4.98 Å². The maximum Gasteiger partial charge on any atom is 0.190 e. The van der Waals surface area contributed by atoms with E-state index < -0.39 is 5.60 Å². The van der Waals surface area contributed by atoms with Gasteiger partial charge in [0, 0.05) is 35.1 Å². The topological polar surface area (TPSA) is 68.4 Å². The van der Waals surface area contributed by atoms with Gasteiger partial charge in [-0.05, 0) is 62.6 Å². The first-order valence-corrected chi connectivity index (χ1v) is 9.83. The summed E-state index contributed by atoms with van der Waals surface area (Å²) in [5, 5.41) is 11.8. The number of nitrogen functional groups attached to an aromatic ring is 1. The molecule has 1 saturated carbocycles. The summed E-state index contributed by atoms with van der Waals surface area (Å²) in [5.41, 5.74) is 10.2. The van der Waals surface area contributed by atoms with E-state index in [4.69, 9.17) is 23.9 Å². The van der Waals surface area contributed by atoms with Crippen molar-refractivity contribution in [1.82, 2.24) is 9.55 Å². The monoisotopic (exact) mass is 394 g/mol. The second kappa shape index (κ2) is 6.80. The number of benzene rings is 1. The van der Waals surface area contributed by atoms with Gasteiger partial charge >= 0.3 is 0 Å². The Kier molecular flexibility index (Phi) is 4.57. The number of aromatic nitrogens is 2. The number of aryl methyl sites for hydroxylation is 1. The molecule has 4 rings (SSSR count). The van der Waals surface area contributed by atoms with E-state index in [1.807, 2.05) is 19.9 Å². The molecule has 0 bridgehead atoms. The summed E-state index contributed by atoms with van der Waals surface area (Å²) in [6.45, 7) is 11.4. The Bertz CT molecular complexity index is 1100. The van der Waals surface area contributed by atoms with Crippen molar-refractivity contribution in [1.29, 1.82) is 0 Å². The fraction of sp³-hybridized carbons (Fsp3) is 0.364. The first-order chi connectivity index (χ1) is 13.3. The number of halogens is 1. The molecular weight excluding hydrogens is 372 g/mol. The highest BCUT2D eigenvalue weighted by atomic mass is 35.5. The Labute approximate surface area is 169 Å². The first kappa shape index (κ1) is 18.8. The van der Waals surface area contributed by atoms with Gasteiger partial charge in [0.25, 0.3) is 0 Å². The van der Waals surface area contributed by atoms with Crippen molar-refractivity contribution in [3.8, 4) is 11.1 Å². The second-order valence-electron chi connectivity index (χ2n) is 8.04. The lowest BCUT2D eigenvalue weighted by atomic mass is 9.83. The molecule has 0 aliphatic heterocycles. The minimum absolute atomic E-state index is 0.294. The minimum atomic E-state index is -0.587. The van der Waals surface area contributed by atoms with Gasteiger partial charge < -0.3 is 15.4 Å². The lowest BCUT2D eigenvalue weighted by Crippen LogP contribution is -2.31. The van der Waals surface area contributed by atoms with Gasteiger partial charge in [-0.25, -0.2) is 4.85 Å². The normalized spacial score (nSPS) is 22.3. The van der Waals surface area contributed by atoms with Crippen LogP contribution in [0.1, 0.15) is 44.2 Å². The Balaban J connectivity index is 1.93. The van der Waals surface area contributed by atoms with Crippen LogP contribution >= 0.6 is 11.6 Å². The van der Waals surface area contributed by atoms with E-state index in [2.05, 4.69) is 26.7 Å². The van der Waals surface area contributed by atoms with Gasteiger partial charge in [-0.2, -0.15) is 0 Å². The van der Waals surface area contributed by atoms with Crippen LogP contribution < -0.4 is 5.73 Å². The van der Waals surface area contributed by atoms with Crippen molar-refractivity contribution in [2.45, 2.75) is 51.2 Å². The van der Waals surface area contributed by atoms with Crippen molar-refractivity contribution < 1.29 is 5.11 Å². The van der Waals surface area contributed by atoms with Crippen molar-refractivity contribution in [2.24, 2.45) is 0 Å². The molecule has 1 aliphatic rings. The van der Waals surface area contributed by atoms with E-state index in [0.717, 1.165) is 53.3 Å². The highest BCUT2D eigenvalue weighted by Gasteiger charge is 2.30. The molecule has 0 unspecified atom stereocenters. The zero-order valence-corrected chi connectivity index (χ0v) is 16.8. The number of anilines is 1. The fourth-order valence-corrected chi connectivity index (χ4v) is 4.38. The summed E-state index contributed by atoms with van der Waals surface area (Å²) in [7, 11) is 0. The standard InChI is InChI=1S/C22H23ClN4O/c1-13-8-20-15(9-19(13)25-3)17(16-10-26-11-18(24)21(16)23)12-27(20)14-4-6-22(2,28)7-5-14/h8-12,14,28H,4-7,24H2,1-2H3. The summed E-state index contributed by atoms with van der Waals surface area (Å²) in [4.78, 5) is 7.89. The van der Waals surface area contributed by atoms with Crippen molar-refractivity contribution in [2.75, 3.05) is 5.73 Å². The zero-order chi connectivity index (χ0) is 20.1. The average molecular weight is 395 g/mol. The Morgan fingerprint density at radius 2 is 2.00 bits per heavy atom. The lowest BCUT2D eigenvalue weighted by Gasteiger charge is -2.34. The molecule has 144 valence electrons. The predicted molar refractivity (Wildman–Crippen MR) is 114 cm³/mol. The summed E-state index contributed by atoms with van der Waals surface area (Å²) in [6, 6.07) is 4.30. The van der Waals surface area contributed by atoms with Crippen LogP contribution in [0.2, 0.25) is 5.02 Å². The molecule has 1 aliphatic carbocycles. The molecule has 0 atom stereocenters. The predicted octanol–water partition coefficient (Wildman–Crippen LogP) is 5.66. The molecule has 3 N–H and O–H groups in total. The summed E-state index contributed by atoms with van der Waals surface area (Å²) >= 11 is 6.50. The molecule has 5 nitrogen and oxygen atoms in total. The number of aliphatic hydroxyl groups is 1. The van der Waals surface area contributed by atoms with E-state index in [0.29, 0.717) is 22.4 Å². The SMILES string of the molecule is [C-]#[N+]c1cc2c(-c3cncc(N)c3Cl)cn(C3CCC(C)(O)CC3)c2cc1C. The molecule has 28 heavy (non-hydrogen) atoms. The fourth-order valence-electron chi connectivity index (χ4n) is 4.18. The number of nitrogens with two attached hydrogens (primary N) is 1. The Morgan fingerprint density at radius 3 is 2.68 bits per heavy atom. The van der Waals surface area contributed by atoms with Crippen molar-refractivity contribution in [3.05, 3.63) is 52.7 Å². The van der Waals surface area contributed by atoms with Gasteiger partial charge in [0.05, 0.1) is 29.1 Å².